The number of carbonyl (C=O) groups is 3. The molecule has 0 radical (unpaired) electrons. The number of fused-ring (bicyclic) bond motifs is 1. The van der Waals surface area contributed by atoms with E-state index in [-0.39, 0.29) is 29.7 Å². The van der Waals surface area contributed by atoms with Crippen LogP contribution in [0.4, 0.5) is 11.4 Å². The number of anilines is 2. The summed E-state index contributed by atoms with van der Waals surface area (Å²) >= 11 is 0. The fourth-order valence-electron chi connectivity index (χ4n) is 2.94. The smallest absolute Gasteiger partial charge is 0.262 e. The van der Waals surface area contributed by atoms with Crippen molar-refractivity contribution in [1.82, 2.24) is 0 Å². The first-order valence-electron chi connectivity index (χ1n) is 8.18. The van der Waals surface area contributed by atoms with E-state index in [4.69, 9.17) is 10.5 Å². The minimum atomic E-state index is -0.616. The Morgan fingerprint density at radius 2 is 1.96 bits per heavy atom. The van der Waals surface area contributed by atoms with Crippen molar-refractivity contribution >= 4 is 29.1 Å². The van der Waals surface area contributed by atoms with Crippen LogP contribution in [0.25, 0.3) is 0 Å². The summed E-state index contributed by atoms with van der Waals surface area (Å²) in [6.45, 7) is 1.93. The number of benzene rings is 2. The Hall–Kier alpha value is -3.35. The average Bonchev–Trinajstić information content (AvgIpc) is 3.03. The fourth-order valence-corrected chi connectivity index (χ4v) is 2.94. The number of rotatable bonds is 5. The first-order chi connectivity index (χ1) is 12.5. The summed E-state index contributed by atoms with van der Waals surface area (Å²) in [4.78, 5) is 36.8. The molecule has 0 fully saturated rings. The lowest BCUT2D eigenvalue weighted by atomic mass is 10.1. The molecule has 0 spiro atoms. The summed E-state index contributed by atoms with van der Waals surface area (Å²) in [7, 11) is 0. The molecule has 0 saturated heterocycles. The van der Waals surface area contributed by atoms with Gasteiger partial charge in [0.1, 0.15) is 5.75 Å². The molecule has 7 nitrogen and oxygen atoms in total. The van der Waals surface area contributed by atoms with Crippen molar-refractivity contribution in [3.05, 3.63) is 53.6 Å². The number of hydrogen-bond donors (Lipinski definition) is 2. The molecular weight excluding hydrogens is 334 g/mol. The van der Waals surface area contributed by atoms with Crippen molar-refractivity contribution in [2.75, 3.05) is 23.4 Å². The van der Waals surface area contributed by atoms with Gasteiger partial charge in [0.2, 0.25) is 5.91 Å². The highest BCUT2D eigenvalue weighted by Crippen LogP contribution is 2.30. The molecule has 0 unspecified atom stereocenters. The van der Waals surface area contributed by atoms with Crippen LogP contribution in [0.1, 0.15) is 22.8 Å². The standard InChI is InChI=1S/C19H19N3O4/c1-12(23)22-9-8-13-10-14(6-7-16(13)22)21-18(24)11-26-17-5-3-2-4-15(17)19(20)25/h2-7,10H,8-9,11H2,1H3,(H2,20,25)(H,21,24). The van der Waals surface area contributed by atoms with E-state index in [1.165, 1.54) is 13.0 Å². The lowest BCUT2D eigenvalue weighted by Gasteiger charge is -2.15. The van der Waals surface area contributed by atoms with E-state index in [1.807, 2.05) is 12.1 Å². The maximum absolute atomic E-state index is 12.1. The molecule has 1 heterocycles. The van der Waals surface area contributed by atoms with Crippen molar-refractivity contribution in [3.8, 4) is 5.75 Å². The average molecular weight is 353 g/mol. The van der Waals surface area contributed by atoms with E-state index in [1.54, 1.807) is 29.2 Å². The third-order valence-electron chi connectivity index (χ3n) is 4.15. The summed E-state index contributed by atoms with van der Waals surface area (Å²) in [5, 5.41) is 2.75. The zero-order valence-corrected chi connectivity index (χ0v) is 14.3. The van der Waals surface area contributed by atoms with Crippen LogP contribution in [0.3, 0.4) is 0 Å². The van der Waals surface area contributed by atoms with Gasteiger partial charge in [-0.05, 0) is 42.3 Å². The van der Waals surface area contributed by atoms with Crippen molar-refractivity contribution < 1.29 is 19.1 Å². The number of para-hydroxylation sites is 1. The number of ether oxygens (including phenoxy) is 1. The first kappa shape index (κ1) is 17.5. The second kappa shape index (κ2) is 7.26. The van der Waals surface area contributed by atoms with E-state index in [2.05, 4.69) is 5.32 Å². The van der Waals surface area contributed by atoms with Crippen molar-refractivity contribution in [2.45, 2.75) is 13.3 Å². The van der Waals surface area contributed by atoms with Gasteiger partial charge in [0.05, 0.1) is 5.56 Å². The minimum Gasteiger partial charge on any atom is -0.483 e. The Morgan fingerprint density at radius 3 is 2.69 bits per heavy atom. The Balaban J connectivity index is 1.63. The number of nitrogens with two attached hydrogens (primary N) is 1. The highest BCUT2D eigenvalue weighted by Gasteiger charge is 2.22. The SMILES string of the molecule is CC(=O)N1CCc2cc(NC(=O)COc3ccccc3C(N)=O)ccc21. The number of nitrogens with one attached hydrogen (secondary N) is 1. The maximum Gasteiger partial charge on any atom is 0.262 e. The zero-order chi connectivity index (χ0) is 18.7. The van der Waals surface area contributed by atoms with Gasteiger partial charge in [0.15, 0.2) is 6.61 Å². The van der Waals surface area contributed by atoms with E-state index in [0.29, 0.717) is 12.2 Å². The van der Waals surface area contributed by atoms with Gasteiger partial charge in [-0.2, -0.15) is 0 Å². The molecule has 134 valence electrons. The lowest BCUT2D eigenvalue weighted by Crippen LogP contribution is -2.25. The highest BCUT2D eigenvalue weighted by atomic mass is 16.5. The summed E-state index contributed by atoms with van der Waals surface area (Å²) in [5.41, 5.74) is 8.03. The Labute approximate surface area is 150 Å². The molecule has 26 heavy (non-hydrogen) atoms. The second-order valence-corrected chi connectivity index (χ2v) is 5.96. The van der Waals surface area contributed by atoms with Gasteiger partial charge in [-0.1, -0.05) is 12.1 Å². The van der Waals surface area contributed by atoms with E-state index in [0.717, 1.165) is 17.7 Å². The summed E-state index contributed by atoms with van der Waals surface area (Å²) in [5.74, 6) is -0.705. The van der Waals surface area contributed by atoms with Crippen molar-refractivity contribution in [1.29, 1.82) is 0 Å². The van der Waals surface area contributed by atoms with Gasteiger partial charge in [-0.3, -0.25) is 14.4 Å². The number of nitrogens with zero attached hydrogens (tertiary/aromatic N) is 1. The van der Waals surface area contributed by atoms with Crippen LogP contribution in [-0.4, -0.2) is 30.9 Å². The van der Waals surface area contributed by atoms with E-state index >= 15 is 0 Å². The second-order valence-electron chi connectivity index (χ2n) is 5.96. The highest BCUT2D eigenvalue weighted by molar-refractivity contribution is 5.97. The monoisotopic (exact) mass is 353 g/mol. The molecule has 1 aliphatic rings. The molecule has 3 N–H and O–H groups in total. The topological polar surface area (TPSA) is 102 Å². The molecule has 0 aromatic heterocycles. The molecule has 0 bridgehead atoms. The molecule has 1 aliphatic heterocycles. The molecular formula is C19H19N3O4. The van der Waals surface area contributed by atoms with Crippen LogP contribution in [0.2, 0.25) is 0 Å². The quantitative estimate of drug-likeness (QED) is 0.854. The molecule has 2 aromatic rings. The molecule has 3 amide bonds. The largest absolute Gasteiger partial charge is 0.483 e. The van der Waals surface area contributed by atoms with Crippen LogP contribution >= 0.6 is 0 Å². The Kier molecular flexibility index (Phi) is 4.88. The van der Waals surface area contributed by atoms with Gasteiger partial charge in [-0.15, -0.1) is 0 Å². The maximum atomic E-state index is 12.1. The minimum absolute atomic E-state index is 0.00190. The third kappa shape index (κ3) is 3.66. The van der Waals surface area contributed by atoms with E-state index < -0.39 is 5.91 Å². The Bertz CT molecular complexity index is 879. The van der Waals surface area contributed by atoms with Crippen molar-refractivity contribution in [3.63, 3.8) is 0 Å². The summed E-state index contributed by atoms with van der Waals surface area (Å²) in [6, 6.07) is 11.9. The van der Waals surface area contributed by atoms with E-state index in [9.17, 15) is 14.4 Å². The number of primary amides is 1. The zero-order valence-electron chi connectivity index (χ0n) is 14.3. The predicted molar refractivity (Wildman–Crippen MR) is 97.3 cm³/mol. The van der Waals surface area contributed by atoms with Crippen LogP contribution < -0.4 is 20.7 Å². The molecule has 0 atom stereocenters. The molecule has 2 aromatic carbocycles. The first-order valence-corrected chi connectivity index (χ1v) is 8.18. The lowest BCUT2D eigenvalue weighted by molar-refractivity contribution is -0.118. The Morgan fingerprint density at radius 1 is 1.19 bits per heavy atom. The van der Waals surface area contributed by atoms with Crippen LogP contribution in [0.5, 0.6) is 5.75 Å². The van der Waals surface area contributed by atoms with Gasteiger partial charge in [-0.25, -0.2) is 0 Å². The molecule has 7 heteroatoms. The number of hydrogen-bond acceptors (Lipinski definition) is 4. The molecule has 0 aliphatic carbocycles. The van der Waals surface area contributed by atoms with Gasteiger partial charge in [0.25, 0.3) is 11.8 Å². The summed E-state index contributed by atoms with van der Waals surface area (Å²) in [6.07, 6.45) is 0.751. The van der Waals surface area contributed by atoms with Gasteiger partial charge in [0, 0.05) is 24.8 Å². The van der Waals surface area contributed by atoms with Crippen LogP contribution in [0.15, 0.2) is 42.5 Å². The summed E-state index contributed by atoms with van der Waals surface area (Å²) < 4.78 is 5.41. The van der Waals surface area contributed by atoms with Gasteiger partial charge >= 0.3 is 0 Å². The predicted octanol–water partition coefficient (Wildman–Crippen LogP) is 1.71. The van der Waals surface area contributed by atoms with Crippen LogP contribution in [-0.2, 0) is 16.0 Å². The van der Waals surface area contributed by atoms with Crippen molar-refractivity contribution in [2.24, 2.45) is 5.73 Å². The normalized spacial score (nSPS) is 12.4. The molecule has 0 saturated carbocycles. The number of carbonyl (C=O) groups excluding carboxylic acids is 3. The molecule has 3 rings (SSSR count). The van der Waals surface area contributed by atoms with Gasteiger partial charge < -0.3 is 20.7 Å². The number of amides is 3. The fraction of sp³-hybridized carbons (Fsp3) is 0.211. The third-order valence-corrected chi connectivity index (χ3v) is 4.15. The van der Waals surface area contributed by atoms with Crippen LogP contribution in [0, 0.1) is 0 Å².